The quantitative estimate of drug-likeness (QED) is 0.755. The molecular formula is C22H25NO2S. The van der Waals surface area contributed by atoms with Crippen LogP contribution in [0.2, 0.25) is 0 Å². The molecule has 2 aromatic rings. The van der Waals surface area contributed by atoms with Crippen molar-refractivity contribution in [3.63, 3.8) is 0 Å². The van der Waals surface area contributed by atoms with Gasteiger partial charge < -0.3 is 4.98 Å². The summed E-state index contributed by atoms with van der Waals surface area (Å²) in [5, 5.41) is 0. The highest BCUT2D eigenvalue weighted by Crippen LogP contribution is 2.31. The molecule has 1 N–H and O–H groups in total. The first-order valence-corrected chi connectivity index (χ1v) is 10.3. The third-order valence-corrected chi connectivity index (χ3v) is 5.68. The van der Waals surface area contributed by atoms with E-state index < -0.39 is 0 Å². The molecule has 1 saturated carbocycles. The lowest BCUT2D eigenvalue weighted by molar-refractivity contribution is -0.117. The molecule has 1 atom stereocenters. The lowest BCUT2D eigenvalue weighted by atomic mass is 9.95. The standard InChI is InChI=1S/C22H25NO2S/c1-14(2)19-10-11-21(23-22(19)25)20(13-15-4-7-17(24)12-15)16-5-8-18(26-3)9-6-16/h5-6,8-11,13-15H,4,7,12H2,1-3H3,(H,23,25)/t15-/m0/s1. The molecule has 3 rings (SSSR count). The van der Waals surface area contributed by atoms with E-state index in [0.717, 1.165) is 28.8 Å². The molecule has 26 heavy (non-hydrogen) atoms. The number of allylic oxidation sites excluding steroid dienone is 1. The Hall–Kier alpha value is -2.07. The van der Waals surface area contributed by atoms with Gasteiger partial charge in [-0.25, -0.2) is 0 Å². The van der Waals surface area contributed by atoms with Crippen LogP contribution >= 0.6 is 11.8 Å². The third-order valence-electron chi connectivity index (χ3n) is 4.94. The predicted octanol–water partition coefficient (Wildman–Crippen LogP) is 5.02. The number of thioether (sulfide) groups is 1. The van der Waals surface area contributed by atoms with Crippen LogP contribution in [0.15, 0.2) is 52.2 Å². The van der Waals surface area contributed by atoms with E-state index in [4.69, 9.17) is 0 Å². The SMILES string of the molecule is CSc1ccc(C(=C[C@H]2CCC(=O)C2)c2ccc(C(C)C)c(=O)[nH]2)cc1. The van der Waals surface area contributed by atoms with E-state index in [9.17, 15) is 9.59 Å². The molecule has 0 unspecified atom stereocenters. The smallest absolute Gasteiger partial charge is 0.251 e. The molecule has 1 aromatic heterocycles. The van der Waals surface area contributed by atoms with Crippen molar-refractivity contribution < 1.29 is 4.79 Å². The van der Waals surface area contributed by atoms with E-state index in [1.807, 2.05) is 26.0 Å². The second-order valence-corrected chi connectivity index (χ2v) is 8.04. The first kappa shape index (κ1) is 18.7. The van der Waals surface area contributed by atoms with Gasteiger partial charge in [0.25, 0.3) is 5.56 Å². The van der Waals surface area contributed by atoms with Crippen LogP contribution in [0.25, 0.3) is 5.57 Å². The molecule has 1 aromatic carbocycles. The number of aromatic nitrogens is 1. The molecule has 0 radical (unpaired) electrons. The molecule has 0 spiro atoms. The fourth-order valence-corrected chi connectivity index (χ4v) is 3.84. The van der Waals surface area contributed by atoms with Gasteiger partial charge in [-0.2, -0.15) is 0 Å². The minimum Gasteiger partial charge on any atom is -0.322 e. The highest BCUT2D eigenvalue weighted by atomic mass is 32.2. The van der Waals surface area contributed by atoms with Crippen LogP contribution in [0.5, 0.6) is 0 Å². The number of carbonyl (C=O) groups is 1. The van der Waals surface area contributed by atoms with Crippen LogP contribution < -0.4 is 5.56 Å². The van der Waals surface area contributed by atoms with Gasteiger partial charge in [0.2, 0.25) is 0 Å². The van der Waals surface area contributed by atoms with E-state index in [0.29, 0.717) is 18.6 Å². The number of pyridine rings is 1. The topological polar surface area (TPSA) is 49.9 Å². The summed E-state index contributed by atoms with van der Waals surface area (Å²) in [5.74, 6) is 0.756. The highest BCUT2D eigenvalue weighted by Gasteiger charge is 2.21. The average Bonchev–Trinajstić information content (AvgIpc) is 3.04. The van der Waals surface area contributed by atoms with Crippen LogP contribution in [-0.4, -0.2) is 17.0 Å². The molecule has 1 aliphatic rings. The zero-order valence-corrected chi connectivity index (χ0v) is 16.4. The molecule has 0 amide bonds. The Morgan fingerprint density at radius 1 is 1.15 bits per heavy atom. The molecule has 4 heteroatoms. The molecule has 1 heterocycles. The summed E-state index contributed by atoms with van der Waals surface area (Å²) in [6, 6.07) is 12.3. The number of ketones is 1. The average molecular weight is 368 g/mol. The van der Waals surface area contributed by atoms with Crippen molar-refractivity contribution in [3.8, 4) is 0 Å². The van der Waals surface area contributed by atoms with Crippen molar-refractivity contribution in [2.75, 3.05) is 6.26 Å². The van der Waals surface area contributed by atoms with Gasteiger partial charge in [0.05, 0.1) is 0 Å². The maximum atomic E-state index is 12.5. The Balaban J connectivity index is 2.05. The number of nitrogens with one attached hydrogen (secondary N) is 1. The fraction of sp³-hybridized carbons (Fsp3) is 0.364. The van der Waals surface area contributed by atoms with E-state index in [1.165, 1.54) is 4.90 Å². The first-order valence-electron chi connectivity index (χ1n) is 9.09. The highest BCUT2D eigenvalue weighted by molar-refractivity contribution is 7.98. The second kappa shape index (κ2) is 8.09. The van der Waals surface area contributed by atoms with Crippen molar-refractivity contribution in [2.45, 2.75) is 43.9 Å². The van der Waals surface area contributed by atoms with Gasteiger partial charge in [0.1, 0.15) is 5.78 Å². The Bertz CT molecular complexity index is 878. The number of benzene rings is 1. The summed E-state index contributed by atoms with van der Waals surface area (Å²) >= 11 is 1.70. The van der Waals surface area contributed by atoms with Gasteiger partial charge in [-0.1, -0.05) is 38.1 Å². The van der Waals surface area contributed by atoms with Gasteiger partial charge in [-0.15, -0.1) is 11.8 Å². The first-order chi connectivity index (χ1) is 12.5. The number of aromatic amines is 1. The maximum absolute atomic E-state index is 12.5. The summed E-state index contributed by atoms with van der Waals surface area (Å²) in [5.41, 5.74) is 3.64. The van der Waals surface area contributed by atoms with Gasteiger partial charge in [-0.05, 0) is 48.3 Å². The van der Waals surface area contributed by atoms with E-state index in [-0.39, 0.29) is 17.4 Å². The molecule has 3 nitrogen and oxygen atoms in total. The summed E-state index contributed by atoms with van der Waals surface area (Å²) in [4.78, 5) is 28.4. The second-order valence-electron chi connectivity index (χ2n) is 7.16. The number of H-pyrrole nitrogens is 1. The number of hydrogen-bond donors (Lipinski definition) is 1. The number of carbonyl (C=O) groups excluding carboxylic acids is 1. The van der Waals surface area contributed by atoms with Crippen LogP contribution in [0.3, 0.4) is 0 Å². The molecule has 0 saturated heterocycles. The van der Waals surface area contributed by atoms with Crippen molar-refractivity contribution in [2.24, 2.45) is 5.92 Å². The number of Topliss-reactive ketones (excluding diaryl/α,β-unsaturated/α-hetero) is 1. The molecule has 1 aliphatic carbocycles. The van der Waals surface area contributed by atoms with Gasteiger partial charge in [0.15, 0.2) is 0 Å². The number of rotatable bonds is 5. The summed E-state index contributed by atoms with van der Waals surface area (Å²) in [7, 11) is 0. The largest absolute Gasteiger partial charge is 0.322 e. The van der Waals surface area contributed by atoms with Gasteiger partial charge in [-0.3, -0.25) is 9.59 Å². The lowest BCUT2D eigenvalue weighted by Gasteiger charge is -2.13. The molecule has 0 aliphatic heterocycles. The molecular weight excluding hydrogens is 342 g/mol. The van der Waals surface area contributed by atoms with Crippen molar-refractivity contribution >= 4 is 23.1 Å². The maximum Gasteiger partial charge on any atom is 0.251 e. The van der Waals surface area contributed by atoms with Crippen LogP contribution in [0.1, 0.15) is 55.8 Å². The summed E-state index contributed by atoms with van der Waals surface area (Å²) < 4.78 is 0. The molecule has 0 bridgehead atoms. The Morgan fingerprint density at radius 2 is 1.88 bits per heavy atom. The summed E-state index contributed by atoms with van der Waals surface area (Å²) in [6.45, 7) is 4.04. The third kappa shape index (κ3) is 4.18. The molecule has 1 fully saturated rings. The zero-order valence-electron chi connectivity index (χ0n) is 15.5. The van der Waals surface area contributed by atoms with E-state index in [1.54, 1.807) is 11.8 Å². The van der Waals surface area contributed by atoms with Crippen LogP contribution in [0.4, 0.5) is 0 Å². The van der Waals surface area contributed by atoms with Crippen LogP contribution in [0, 0.1) is 5.92 Å². The zero-order chi connectivity index (χ0) is 18.7. The minimum atomic E-state index is -0.0355. The van der Waals surface area contributed by atoms with Gasteiger partial charge in [0, 0.05) is 34.6 Å². The predicted molar refractivity (Wildman–Crippen MR) is 109 cm³/mol. The Kier molecular flexibility index (Phi) is 5.82. The monoisotopic (exact) mass is 367 g/mol. The van der Waals surface area contributed by atoms with Crippen molar-refractivity contribution in [1.82, 2.24) is 4.98 Å². The minimum absolute atomic E-state index is 0.0355. The molecule has 136 valence electrons. The van der Waals surface area contributed by atoms with Crippen LogP contribution in [-0.2, 0) is 4.79 Å². The van der Waals surface area contributed by atoms with E-state index in [2.05, 4.69) is 41.6 Å². The fourth-order valence-electron chi connectivity index (χ4n) is 3.43. The van der Waals surface area contributed by atoms with Crippen molar-refractivity contribution in [3.05, 3.63) is 69.6 Å². The van der Waals surface area contributed by atoms with Crippen molar-refractivity contribution in [1.29, 1.82) is 0 Å². The Morgan fingerprint density at radius 3 is 2.42 bits per heavy atom. The number of hydrogen-bond acceptors (Lipinski definition) is 3. The van der Waals surface area contributed by atoms with E-state index >= 15 is 0 Å². The lowest BCUT2D eigenvalue weighted by Crippen LogP contribution is -2.15. The van der Waals surface area contributed by atoms with Gasteiger partial charge >= 0.3 is 0 Å². The summed E-state index contributed by atoms with van der Waals surface area (Å²) in [6.07, 6.45) is 6.36. The normalized spacial score (nSPS) is 17.9. The Labute approximate surface area is 158 Å².